The molecule has 0 aliphatic rings. The van der Waals surface area contributed by atoms with Gasteiger partial charge in [0.1, 0.15) is 5.60 Å². The Labute approximate surface area is 157 Å². The van der Waals surface area contributed by atoms with Crippen molar-refractivity contribution < 1.29 is 14.3 Å². The van der Waals surface area contributed by atoms with E-state index < -0.39 is 11.7 Å². The van der Waals surface area contributed by atoms with Crippen LogP contribution in [0.3, 0.4) is 0 Å². The van der Waals surface area contributed by atoms with Crippen LogP contribution in [0.2, 0.25) is 0 Å². The molecule has 0 fully saturated rings. The molecule has 0 bridgehead atoms. The molecule has 0 aromatic carbocycles. The molecule has 0 saturated carbocycles. The molecule has 23 heavy (non-hydrogen) atoms. The van der Waals surface area contributed by atoms with Gasteiger partial charge < -0.3 is 25.4 Å². The van der Waals surface area contributed by atoms with E-state index in [2.05, 4.69) is 20.9 Å². The highest BCUT2D eigenvalue weighted by molar-refractivity contribution is 14.0. The van der Waals surface area contributed by atoms with Crippen molar-refractivity contribution in [1.29, 1.82) is 0 Å². The Bertz CT molecular complexity index is 344. The molecular formula is C15H33IN4O3. The molecule has 7 nitrogen and oxygen atoms in total. The summed E-state index contributed by atoms with van der Waals surface area (Å²) < 4.78 is 10.6. The second kappa shape index (κ2) is 13.6. The van der Waals surface area contributed by atoms with E-state index in [1.54, 1.807) is 7.05 Å². The number of nitrogens with one attached hydrogen (secondary N) is 3. The van der Waals surface area contributed by atoms with E-state index in [4.69, 9.17) is 9.47 Å². The first kappa shape index (κ1) is 24.5. The smallest absolute Gasteiger partial charge is 0.407 e. The van der Waals surface area contributed by atoms with Crippen molar-refractivity contribution in [2.45, 2.75) is 52.7 Å². The maximum Gasteiger partial charge on any atom is 0.407 e. The van der Waals surface area contributed by atoms with Crippen LogP contribution in [0.4, 0.5) is 4.79 Å². The van der Waals surface area contributed by atoms with Gasteiger partial charge in [-0.05, 0) is 41.0 Å². The summed E-state index contributed by atoms with van der Waals surface area (Å²) in [6.45, 7) is 12.1. The molecule has 0 aliphatic carbocycles. The molecular weight excluding hydrogens is 411 g/mol. The van der Waals surface area contributed by atoms with Gasteiger partial charge in [0.25, 0.3) is 0 Å². The van der Waals surface area contributed by atoms with Gasteiger partial charge in [-0.2, -0.15) is 0 Å². The number of ether oxygens (including phenoxy) is 2. The Morgan fingerprint density at radius 2 is 1.65 bits per heavy atom. The van der Waals surface area contributed by atoms with Crippen molar-refractivity contribution in [2.24, 2.45) is 4.99 Å². The number of amides is 1. The number of rotatable bonds is 8. The SMILES string of the molecule is CN=C(NCCCOC(C)C)NCCNC(=O)OC(C)(C)C.I. The Balaban J connectivity index is 0. The topological polar surface area (TPSA) is 84.0 Å². The van der Waals surface area contributed by atoms with Crippen molar-refractivity contribution in [3.63, 3.8) is 0 Å². The lowest BCUT2D eigenvalue weighted by Gasteiger charge is -2.20. The second-order valence-corrected chi connectivity index (χ2v) is 6.13. The fourth-order valence-corrected chi connectivity index (χ4v) is 1.48. The van der Waals surface area contributed by atoms with Crippen LogP contribution in [0.5, 0.6) is 0 Å². The van der Waals surface area contributed by atoms with Gasteiger partial charge in [0, 0.05) is 33.3 Å². The third-order valence-electron chi connectivity index (χ3n) is 2.37. The van der Waals surface area contributed by atoms with Crippen LogP contribution < -0.4 is 16.0 Å². The predicted octanol–water partition coefficient (Wildman–Crippen LogP) is 2.11. The van der Waals surface area contributed by atoms with Crippen LogP contribution in [0.15, 0.2) is 4.99 Å². The highest BCUT2D eigenvalue weighted by Crippen LogP contribution is 2.05. The molecule has 0 rings (SSSR count). The molecule has 138 valence electrons. The van der Waals surface area contributed by atoms with E-state index in [1.165, 1.54) is 0 Å². The average Bonchev–Trinajstić information content (AvgIpc) is 2.38. The summed E-state index contributed by atoms with van der Waals surface area (Å²) >= 11 is 0. The Hall–Kier alpha value is -0.770. The van der Waals surface area contributed by atoms with Crippen LogP contribution in [0.25, 0.3) is 0 Å². The summed E-state index contributed by atoms with van der Waals surface area (Å²) in [6, 6.07) is 0. The summed E-state index contributed by atoms with van der Waals surface area (Å²) in [5, 5.41) is 8.98. The van der Waals surface area contributed by atoms with Gasteiger partial charge >= 0.3 is 6.09 Å². The number of carbonyl (C=O) groups excluding carboxylic acids is 1. The standard InChI is InChI=1S/C15H32N4O3.HI/c1-12(2)21-11-7-8-17-13(16-6)18-9-10-19-14(20)22-15(3,4)5;/h12H,7-11H2,1-6H3,(H,19,20)(H2,16,17,18);1H. The minimum atomic E-state index is -0.479. The molecule has 0 aliphatic heterocycles. The molecule has 1 amide bonds. The first-order chi connectivity index (χ1) is 10.2. The van der Waals surface area contributed by atoms with Crippen LogP contribution >= 0.6 is 24.0 Å². The maximum absolute atomic E-state index is 11.5. The predicted molar refractivity (Wildman–Crippen MR) is 105 cm³/mol. The third-order valence-corrected chi connectivity index (χ3v) is 2.37. The lowest BCUT2D eigenvalue weighted by Crippen LogP contribution is -2.42. The molecule has 0 saturated heterocycles. The van der Waals surface area contributed by atoms with Gasteiger partial charge in [0.2, 0.25) is 0 Å². The molecule has 0 spiro atoms. The third kappa shape index (κ3) is 17.4. The van der Waals surface area contributed by atoms with Gasteiger partial charge in [0.15, 0.2) is 5.96 Å². The van der Waals surface area contributed by atoms with Crippen molar-refractivity contribution in [1.82, 2.24) is 16.0 Å². The zero-order valence-corrected chi connectivity index (χ0v) is 17.5. The summed E-state index contributed by atoms with van der Waals surface area (Å²) in [6.07, 6.45) is 0.758. The van der Waals surface area contributed by atoms with E-state index >= 15 is 0 Å². The quantitative estimate of drug-likeness (QED) is 0.231. The number of halogens is 1. The maximum atomic E-state index is 11.5. The molecule has 0 aromatic heterocycles. The minimum Gasteiger partial charge on any atom is -0.444 e. The molecule has 0 atom stereocenters. The van der Waals surface area contributed by atoms with Crippen molar-refractivity contribution in [3.8, 4) is 0 Å². The van der Waals surface area contributed by atoms with Crippen LogP contribution in [-0.4, -0.2) is 57.0 Å². The van der Waals surface area contributed by atoms with Crippen LogP contribution in [0.1, 0.15) is 41.0 Å². The Morgan fingerprint density at radius 1 is 1.09 bits per heavy atom. The molecule has 8 heteroatoms. The van der Waals surface area contributed by atoms with E-state index in [1.807, 2.05) is 34.6 Å². The number of alkyl carbamates (subject to hydrolysis) is 1. The zero-order valence-electron chi connectivity index (χ0n) is 15.2. The number of nitrogens with zero attached hydrogens (tertiary/aromatic N) is 1. The number of carbonyl (C=O) groups is 1. The second-order valence-electron chi connectivity index (χ2n) is 6.13. The number of hydrogen-bond acceptors (Lipinski definition) is 4. The van der Waals surface area contributed by atoms with Crippen LogP contribution in [-0.2, 0) is 9.47 Å². The minimum absolute atomic E-state index is 0. The normalized spacial score (nSPS) is 11.7. The van der Waals surface area contributed by atoms with E-state index in [0.717, 1.165) is 19.6 Å². The van der Waals surface area contributed by atoms with Gasteiger partial charge in [-0.15, -0.1) is 24.0 Å². The van der Waals surface area contributed by atoms with Crippen molar-refractivity contribution in [2.75, 3.05) is 33.3 Å². The summed E-state index contributed by atoms with van der Waals surface area (Å²) in [7, 11) is 1.71. The van der Waals surface area contributed by atoms with E-state index in [9.17, 15) is 4.79 Å². The van der Waals surface area contributed by atoms with Gasteiger partial charge in [-0.3, -0.25) is 4.99 Å². The average molecular weight is 444 g/mol. The fourth-order valence-electron chi connectivity index (χ4n) is 1.48. The fraction of sp³-hybridized carbons (Fsp3) is 0.867. The lowest BCUT2D eigenvalue weighted by atomic mass is 10.2. The van der Waals surface area contributed by atoms with E-state index in [-0.39, 0.29) is 30.1 Å². The van der Waals surface area contributed by atoms with Crippen LogP contribution in [0, 0.1) is 0 Å². The van der Waals surface area contributed by atoms with Gasteiger partial charge in [-0.25, -0.2) is 4.79 Å². The number of guanidine groups is 1. The van der Waals surface area contributed by atoms with Crippen molar-refractivity contribution in [3.05, 3.63) is 0 Å². The van der Waals surface area contributed by atoms with Gasteiger partial charge in [0.05, 0.1) is 6.10 Å². The number of hydrogen-bond donors (Lipinski definition) is 3. The zero-order chi connectivity index (χ0) is 17.0. The Kier molecular flexibility index (Phi) is 14.5. The summed E-state index contributed by atoms with van der Waals surface area (Å²) in [4.78, 5) is 15.6. The first-order valence-electron chi connectivity index (χ1n) is 7.77. The first-order valence-corrected chi connectivity index (χ1v) is 7.77. The lowest BCUT2D eigenvalue weighted by molar-refractivity contribution is 0.0528. The molecule has 0 aromatic rings. The molecule has 0 unspecified atom stereocenters. The van der Waals surface area contributed by atoms with E-state index in [0.29, 0.717) is 19.0 Å². The number of aliphatic imine (C=N–C) groups is 1. The molecule has 0 radical (unpaired) electrons. The highest BCUT2D eigenvalue weighted by atomic mass is 127. The molecule has 3 N–H and O–H groups in total. The Morgan fingerprint density at radius 3 is 2.17 bits per heavy atom. The van der Waals surface area contributed by atoms with Crippen molar-refractivity contribution >= 4 is 36.0 Å². The summed E-state index contributed by atoms with van der Waals surface area (Å²) in [5.41, 5.74) is -0.479. The van der Waals surface area contributed by atoms with Gasteiger partial charge in [-0.1, -0.05) is 0 Å². The molecule has 0 heterocycles. The highest BCUT2D eigenvalue weighted by Gasteiger charge is 2.15. The monoisotopic (exact) mass is 444 g/mol. The largest absolute Gasteiger partial charge is 0.444 e. The summed E-state index contributed by atoms with van der Waals surface area (Å²) in [5.74, 6) is 0.704.